The average molecular weight is 374 g/mol. The Balaban J connectivity index is 2.56. The Morgan fingerprint density at radius 2 is 1.62 bits per heavy atom. The van der Waals surface area contributed by atoms with Crippen molar-refractivity contribution in [1.29, 1.82) is 0 Å². The lowest BCUT2D eigenvalue weighted by Crippen LogP contribution is -2.44. The molecule has 0 fully saturated rings. The first kappa shape index (κ1) is 20.7. The second kappa shape index (κ2) is 9.87. The van der Waals surface area contributed by atoms with Crippen LogP contribution in [-0.4, -0.2) is 42.4 Å². The summed E-state index contributed by atoms with van der Waals surface area (Å²) in [6.07, 6.45) is 0. The van der Waals surface area contributed by atoms with Gasteiger partial charge in [-0.3, -0.25) is 14.5 Å². The molecule has 0 saturated heterocycles. The molecule has 1 aromatic rings. The van der Waals surface area contributed by atoms with Gasteiger partial charge in [0.05, 0.1) is 29.2 Å². The van der Waals surface area contributed by atoms with Gasteiger partial charge in [0, 0.05) is 6.04 Å². The Kier molecular flexibility index (Phi) is 8.53. The van der Waals surface area contributed by atoms with E-state index < -0.39 is 0 Å². The standard InChI is InChI=1S/C17H25Cl2N3O2/c1-5-22(9-16(23)20-11(2)3)10-17(24)21-12(4)13-6-7-14(18)15(19)8-13/h6-8,11-12H,5,9-10H2,1-4H3,(H,20,23)(H,21,24)/t12-/m1/s1. The fraction of sp³-hybridized carbons (Fsp3) is 0.529. The maximum atomic E-state index is 12.2. The second-order valence-corrected chi connectivity index (χ2v) is 6.80. The van der Waals surface area contributed by atoms with Crippen molar-refractivity contribution in [3.8, 4) is 0 Å². The van der Waals surface area contributed by atoms with E-state index in [1.807, 2.05) is 33.8 Å². The van der Waals surface area contributed by atoms with E-state index in [9.17, 15) is 9.59 Å². The van der Waals surface area contributed by atoms with Gasteiger partial charge in [0.25, 0.3) is 0 Å². The monoisotopic (exact) mass is 373 g/mol. The van der Waals surface area contributed by atoms with Crippen molar-refractivity contribution in [3.05, 3.63) is 33.8 Å². The summed E-state index contributed by atoms with van der Waals surface area (Å²) in [5.41, 5.74) is 0.873. The maximum Gasteiger partial charge on any atom is 0.234 e. The number of hydrogen-bond donors (Lipinski definition) is 2. The number of benzene rings is 1. The van der Waals surface area contributed by atoms with E-state index >= 15 is 0 Å². The lowest BCUT2D eigenvalue weighted by atomic mass is 10.1. The van der Waals surface area contributed by atoms with Gasteiger partial charge < -0.3 is 10.6 Å². The van der Waals surface area contributed by atoms with Crippen LogP contribution in [0, 0.1) is 0 Å². The zero-order valence-corrected chi connectivity index (χ0v) is 16.0. The molecular formula is C17H25Cl2N3O2. The molecule has 1 rings (SSSR count). The summed E-state index contributed by atoms with van der Waals surface area (Å²) < 4.78 is 0. The third-order valence-corrected chi connectivity index (χ3v) is 4.19. The summed E-state index contributed by atoms with van der Waals surface area (Å²) >= 11 is 11.9. The molecule has 0 unspecified atom stereocenters. The summed E-state index contributed by atoms with van der Waals surface area (Å²) in [6.45, 7) is 8.56. The van der Waals surface area contributed by atoms with Gasteiger partial charge >= 0.3 is 0 Å². The van der Waals surface area contributed by atoms with Gasteiger partial charge in [-0.2, -0.15) is 0 Å². The zero-order valence-electron chi connectivity index (χ0n) is 14.5. The number of carbonyl (C=O) groups is 2. The van der Waals surface area contributed by atoms with Gasteiger partial charge in [-0.15, -0.1) is 0 Å². The quantitative estimate of drug-likeness (QED) is 0.735. The molecule has 7 heteroatoms. The first-order valence-electron chi connectivity index (χ1n) is 7.99. The normalized spacial score (nSPS) is 12.3. The van der Waals surface area contributed by atoms with E-state index in [4.69, 9.17) is 23.2 Å². The second-order valence-electron chi connectivity index (χ2n) is 5.99. The predicted molar refractivity (Wildman–Crippen MR) is 98.4 cm³/mol. The molecule has 24 heavy (non-hydrogen) atoms. The van der Waals surface area contributed by atoms with Crippen LogP contribution in [0.15, 0.2) is 18.2 Å². The third-order valence-electron chi connectivity index (χ3n) is 3.45. The highest BCUT2D eigenvalue weighted by molar-refractivity contribution is 6.42. The minimum Gasteiger partial charge on any atom is -0.353 e. The summed E-state index contributed by atoms with van der Waals surface area (Å²) in [5.74, 6) is -0.232. The molecule has 2 amide bonds. The fourth-order valence-corrected chi connectivity index (χ4v) is 2.51. The first-order valence-corrected chi connectivity index (χ1v) is 8.74. The van der Waals surface area contributed by atoms with Crippen LogP contribution in [0.1, 0.15) is 39.3 Å². The van der Waals surface area contributed by atoms with E-state index in [0.717, 1.165) is 5.56 Å². The minimum absolute atomic E-state index is 0.0831. The lowest BCUT2D eigenvalue weighted by Gasteiger charge is -2.22. The number of likely N-dealkylation sites (N-methyl/N-ethyl adjacent to an activating group) is 1. The molecular weight excluding hydrogens is 349 g/mol. The molecule has 0 aromatic heterocycles. The molecule has 0 bridgehead atoms. The summed E-state index contributed by atoms with van der Waals surface area (Å²) in [7, 11) is 0. The number of carbonyl (C=O) groups excluding carboxylic acids is 2. The molecule has 0 radical (unpaired) electrons. The molecule has 1 atom stereocenters. The zero-order chi connectivity index (χ0) is 18.3. The summed E-state index contributed by atoms with van der Waals surface area (Å²) in [6, 6.07) is 5.15. The van der Waals surface area contributed by atoms with Crippen molar-refractivity contribution in [2.45, 2.75) is 39.8 Å². The SMILES string of the molecule is CCN(CC(=O)NC(C)C)CC(=O)N[C@H](C)c1ccc(Cl)c(Cl)c1. The van der Waals surface area contributed by atoms with Gasteiger partial charge in [0.1, 0.15) is 0 Å². The van der Waals surface area contributed by atoms with Gasteiger partial charge in [-0.25, -0.2) is 0 Å². The Labute approximate surface area is 153 Å². The molecule has 0 heterocycles. The maximum absolute atomic E-state index is 12.2. The van der Waals surface area contributed by atoms with Crippen LogP contribution < -0.4 is 10.6 Å². The summed E-state index contributed by atoms with van der Waals surface area (Å²) in [5, 5.41) is 6.66. The highest BCUT2D eigenvalue weighted by atomic mass is 35.5. The highest BCUT2D eigenvalue weighted by Crippen LogP contribution is 2.25. The Hall–Kier alpha value is -1.30. The van der Waals surface area contributed by atoms with E-state index in [2.05, 4.69) is 10.6 Å². The Morgan fingerprint density at radius 3 is 2.12 bits per heavy atom. The van der Waals surface area contributed by atoms with Crippen molar-refractivity contribution < 1.29 is 9.59 Å². The number of nitrogens with one attached hydrogen (secondary N) is 2. The van der Waals surface area contributed by atoms with Crippen LogP contribution in [0.5, 0.6) is 0 Å². The molecule has 134 valence electrons. The van der Waals surface area contributed by atoms with Crippen molar-refractivity contribution in [1.82, 2.24) is 15.5 Å². The Morgan fingerprint density at radius 1 is 1.04 bits per heavy atom. The predicted octanol–water partition coefficient (Wildman–Crippen LogP) is 3.02. The van der Waals surface area contributed by atoms with E-state index in [0.29, 0.717) is 16.6 Å². The number of amides is 2. The molecule has 1 aromatic carbocycles. The van der Waals surface area contributed by atoms with Crippen molar-refractivity contribution in [3.63, 3.8) is 0 Å². The molecule has 0 saturated carbocycles. The van der Waals surface area contributed by atoms with Crippen molar-refractivity contribution in [2.75, 3.05) is 19.6 Å². The van der Waals surface area contributed by atoms with E-state index in [1.54, 1.807) is 17.0 Å². The lowest BCUT2D eigenvalue weighted by molar-refractivity contribution is -0.125. The van der Waals surface area contributed by atoms with Crippen molar-refractivity contribution in [2.24, 2.45) is 0 Å². The molecule has 0 aliphatic carbocycles. The largest absolute Gasteiger partial charge is 0.353 e. The van der Waals surface area contributed by atoms with E-state index in [1.165, 1.54) is 0 Å². The van der Waals surface area contributed by atoms with Crippen LogP contribution in [0.3, 0.4) is 0 Å². The number of rotatable bonds is 8. The third kappa shape index (κ3) is 7.07. The average Bonchev–Trinajstić information content (AvgIpc) is 2.48. The van der Waals surface area contributed by atoms with Crippen LogP contribution in [0.2, 0.25) is 10.0 Å². The van der Waals surface area contributed by atoms with E-state index in [-0.39, 0.29) is 37.0 Å². The molecule has 2 N–H and O–H groups in total. The van der Waals surface area contributed by atoms with Crippen LogP contribution >= 0.6 is 23.2 Å². The number of halogens is 2. The highest BCUT2D eigenvalue weighted by Gasteiger charge is 2.16. The summed E-state index contributed by atoms with van der Waals surface area (Å²) in [4.78, 5) is 25.8. The van der Waals surface area contributed by atoms with Gasteiger partial charge in [0.2, 0.25) is 11.8 Å². The van der Waals surface area contributed by atoms with Crippen LogP contribution in [-0.2, 0) is 9.59 Å². The van der Waals surface area contributed by atoms with Crippen molar-refractivity contribution >= 4 is 35.0 Å². The van der Waals surface area contributed by atoms with Crippen LogP contribution in [0.25, 0.3) is 0 Å². The molecule has 0 spiro atoms. The minimum atomic E-state index is -0.199. The topological polar surface area (TPSA) is 61.4 Å². The fourth-order valence-electron chi connectivity index (χ4n) is 2.21. The number of hydrogen-bond acceptors (Lipinski definition) is 3. The first-order chi connectivity index (χ1) is 11.2. The Bertz CT molecular complexity index is 579. The van der Waals surface area contributed by atoms with Crippen LogP contribution in [0.4, 0.5) is 0 Å². The van der Waals surface area contributed by atoms with Gasteiger partial charge in [0.15, 0.2) is 0 Å². The molecule has 5 nitrogen and oxygen atoms in total. The molecule has 0 aliphatic rings. The number of nitrogens with zero attached hydrogens (tertiary/aromatic N) is 1. The molecule has 0 aliphatic heterocycles. The smallest absolute Gasteiger partial charge is 0.234 e. The van der Waals surface area contributed by atoms with Gasteiger partial charge in [-0.05, 0) is 45.0 Å². The van der Waals surface area contributed by atoms with Gasteiger partial charge in [-0.1, -0.05) is 36.2 Å².